The maximum atomic E-state index is 12.3. The van der Waals surface area contributed by atoms with Gasteiger partial charge in [-0.15, -0.1) is 11.8 Å². The van der Waals surface area contributed by atoms with Gasteiger partial charge in [-0.2, -0.15) is 0 Å². The number of hydrogen-bond acceptors (Lipinski definition) is 2. The van der Waals surface area contributed by atoms with Crippen LogP contribution in [-0.4, -0.2) is 12.0 Å². The average Bonchev–Trinajstić information content (AvgIpc) is 2.47. The van der Waals surface area contributed by atoms with Crippen LogP contribution in [0, 0.1) is 0 Å². The molecule has 1 nitrogen and oxygen atoms in total. The highest BCUT2D eigenvalue weighted by Crippen LogP contribution is 2.22. The molecular formula is C16H16OS. The highest BCUT2D eigenvalue weighted by atomic mass is 32.2. The first-order valence-corrected chi connectivity index (χ1v) is 7.18. The van der Waals surface area contributed by atoms with Crippen LogP contribution >= 0.6 is 11.8 Å². The lowest BCUT2D eigenvalue weighted by Gasteiger charge is -2.11. The van der Waals surface area contributed by atoms with Gasteiger partial charge < -0.3 is 0 Å². The van der Waals surface area contributed by atoms with Gasteiger partial charge in [0.2, 0.25) is 0 Å². The second-order valence-corrected chi connectivity index (χ2v) is 5.10. The molecule has 0 heterocycles. The first-order chi connectivity index (χ1) is 8.72. The van der Waals surface area contributed by atoms with E-state index in [1.165, 1.54) is 4.90 Å². The average molecular weight is 256 g/mol. The molecule has 18 heavy (non-hydrogen) atoms. The van der Waals surface area contributed by atoms with E-state index in [0.717, 1.165) is 11.1 Å². The third-order valence-corrected chi connectivity index (χ3v) is 3.81. The lowest BCUT2D eigenvalue weighted by atomic mass is 9.92. The summed E-state index contributed by atoms with van der Waals surface area (Å²) in [4.78, 5) is 13.5. The van der Waals surface area contributed by atoms with Crippen LogP contribution in [0.15, 0.2) is 59.5 Å². The van der Waals surface area contributed by atoms with Gasteiger partial charge in [0.15, 0.2) is 5.78 Å². The lowest BCUT2D eigenvalue weighted by molar-refractivity contribution is 0.0966. The molecule has 1 unspecified atom stereocenters. The van der Waals surface area contributed by atoms with Crippen LogP contribution in [-0.2, 0) is 0 Å². The molecule has 92 valence electrons. The topological polar surface area (TPSA) is 17.1 Å². The van der Waals surface area contributed by atoms with Crippen molar-refractivity contribution < 1.29 is 4.79 Å². The first-order valence-electron chi connectivity index (χ1n) is 5.95. The maximum absolute atomic E-state index is 12.3. The molecule has 0 aliphatic rings. The Morgan fingerprint density at radius 3 is 2.17 bits per heavy atom. The molecule has 0 saturated carbocycles. The number of benzene rings is 2. The van der Waals surface area contributed by atoms with Crippen molar-refractivity contribution in [2.75, 3.05) is 6.26 Å². The molecule has 0 aliphatic carbocycles. The molecule has 2 aromatic rings. The van der Waals surface area contributed by atoms with Gasteiger partial charge in [-0.3, -0.25) is 4.79 Å². The number of carbonyl (C=O) groups excluding carboxylic acids is 1. The fourth-order valence-corrected chi connectivity index (χ4v) is 2.31. The summed E-state index contributed by atoms with van der Waals surface area (Å²) < 4.78 is 0. The van der Waals surface area contributed by atoms with Crippen molar-refractivity contribution in [3.63, 3.8) is 0 Å². The zero-order chi connectivity index (χ0) is 13.0. The highest BCUT2D eigenvalue weighted by Gasteiger charge is 2.16. The van der Waals surface area contributed by atoms with Gasteiger partial charge in [0.05, 0.1) is 0 Å². The van der Waals surface area contributed by atoms with E-state index in [-0.39, 0.29) is 11.7 Å². The van der Waals surface area contributed by atoms with E-state index in [9.17, 15) is 4.79 Å². The number of carbonyl (C=O) groups is 1. The standard InChI is InChI=1S/C16H16OS/c1-12(13-6-4-3-5-7-13)16(17)14-8-10-15(18-2)11-9-14/h3-12H,1-2H3. The molecule has 2 heteroatoms. The predicted octanol–water partition coefficient (Wildman–Crippen LogP) is 4.39. The Morgan fingerprint density at radius 1 is 1.00 bits per heavy atom. The summed E-state index contributed by atoms with van der Waals surface area (Å²) in [5, 5.41) is 0. The molecule has 0 bridgehead atoms. The Kier molecular flexibility index (Phi) is 4.21. The number of Topliss-reactive ketones (excluding diaryl/α,β-unsaturated/α-hetero) is 1. The molecule has 1 atom stereocenters. The van der Waals surface area contributed by atoms with Crippen molar-refractivity contribution >= 4 is 17.5 Å². The van der Waals surface area contributed by atoms with E-state index in [2.05, 4.69) is 0 Å². The first kappa shape index (κ1) is 12.9. The molecule has 0 aliphatic heterocycles. The number of thioether (sulfide) groups is 1. The molecule has 0 aromatic heterocycles. The Labute approximate surface area is 112 Å². The molecule has 0 amide bonds. The summed E-state index contributed by atoms with van der Waals surface area (Å²) in [6, 6.07) is 17.7. The number of ketones is 1. The Balaban J connectivity index is 2.20. The van der Waals surface area contributed by atoms with Crippen LogP contribution in [0.25, 0.3) is 0 Å². The number of hydrogen-bond donors (Lipinski definition) is 0. The summed E-state index contributed by atoms with van der Waals surface area (Å²) in [6.07, 6.45) is 2.03. The van der Waals surface area contributed by atoms with Gasteiger partial charge in [-0.25, -0.2) is 0 Å². The van der Waals surface area contributed by atoms with Crippen molar-refractivity contribution in [3.05, 3.63) is 65.7 Å². The molecule has 0 fully saturated rings. The second kappa shape index (κ2) is 5.87. The van der Waals surface area contributed by atoms with E-state index in [0.29, 0.717) is 0 Å². The van der Waals surface area contributed by atoms with Crippen molar-refractivity contribution in [2.45, 2.75) is 17.7 Å². The fourth-order valence-electron chi connectivity index (χ4n) is 1.90. The van der Waals surface area contributed by atoms with E-state index in [1.807, 2.05) is 67.8 Å². The minimum absolute atomic E-state index is 0.0914. The van der Waals surface area contributed by atoms with Crippen LogP contribution in [0.2, 0.25) is 0 Å². The lowest BCUT2D eigenvalue weighted by Crippen LogP contribution is -2.09. The van der Waals surface area contributed by atoms with E-state index < -0.39 is 0 Å². The van der Waals surface area contributed by atoms with Gasteiger partial charge in [-0.1, -0.05) is 49.4 Å². The van der Waals surface area contributed by atoms with Crippen molar-refractivity contribution in [1.82, 2.24) is 0 Å². The molecule has 2 rings (SSSR count). The van der Waals surface area contributed by atoms with Crippen LogP contribution in [0.1, 0.15) is 28.8 Å². The van der Waals surface area contributed by atoms with E-state index >= 15 is 0 Å². The molecular weight excluding hydrogens is 240 g/mol. The zero-order valence-corrected chi connectivity index (χ0v) is 11.4. The summed E-state index contributed by atoms with van der Waals surface area (Å²) in [6.45, 7) is 1.96. The summed E-state index contributed by atoms with van der Waals surface area (Å²) >= 11 is 1.68. The van der Waals surface area contributed by atoms with Crippen molar-refractivity contribution in [2.24, 2.45) is 0 Å². The minimum atomic E-state index is -0.0914. The second-order valence-electron chi connectivity index (χ2n) is 4.23. The predicted molar refractivity (Wildman–Crippen MR) is 77.4 cm³/mol. The minimum Gasteiger partial charge on any atom is -0.294 e. The zero-order valence-electron chi connectivity index (χ0n) is 10.6. The molecule has 0 saturated heterocycles. The largest absolute Gasteiger partial charge is 0.294 e. The van der Waals surface area contributed by atoms with E-state index in [1.54, 1.807) is 11.8 Å². The molecule has 2 aromatic carbocycles. The highest BCUT2D eigenvalue weighted by molar-refractivity contribution is 7.98. The normalized spacial score (nSPS) is 12.1. The quantitative estimate of drug-likeness (QED) is 0.596. The summed E-state index contributed by atoms with van der Waals surface area (Å²) in [5.74, 6) is 0.0835. The van der Waals surface area contributed by atoms with Crippen molar-refractivity contribution in [1.29, 1.82) is 0 Å². The van der Waals surface area contributed by atoms with E-state index in [4.69, 9.17) is 0 Å². The Morgan fingerprint density at radius 2 is 1.61 bits per heavy atom. The monoisotopic (exact) mass is 256 g/mol. The summed E-state index contributed by atoms with van der Waals surface area (Å²) in [5.41, 5.74) is 1.85. The van der Waals surface area contributed by atoms with Gasteiger partial charge in [0, 0.05) is 16.4 Å². The molecule has 0 N–H and O–H groups in total. The van der Waals surface area contributed by atoms with Gasteiger partial charge >= 0.3 is 0 Å². The maximum Gasteiger partial charge on any atom is 0.170 e. The third-order valence-electron chi connectivity index (χ3n) is 3.07. The van der Waals surface area contributed by atoms with Crippen LogP contribution in [0.3, 0.4) is 0 Å². The third kappa shape index (κ3) is 2.82. The van der Waals surface area contributed by atoms with Gasteiger partial charge in [-0.05, 0) is 24.0 Å². The van der Waals surface area contributed by atoms with Crippen LogP contribution in [0.4, 0.5) is 0 Å². The number of rotatable bonds is 4. The smallest absolute Gasteiger partial charge is 0.170 e. The van der Waals surface area contributed by atoms with Gasteiger partial charge in [0.1, 0.15) is 0 Å². The Hall–Kier alpha value is -1.54. The van der Waals surface area contributed by atoms with Crippen molar-refractivity contribution in [3.8, 4) is 0 Å². The SMILES string of the molecule is CSc1ccc(C(=O)C(C)c2ccccc2)cc1. The van der Waals surface area contributed by atoms with Crippen LogP contribution < -0.4 is 0 Å². The van der Waals surface area contributed by atoms with Crippen LogP contribution in [0.5, 0.6) is 0 Å². The van der Waals surface area contributed by atoms with Gasteiger partial charge in [0.25, 0.3) is 0 Å². The Bertz CT molecular complexity index is 517. The molecule has 0 radical (unpaired) electrons. The fraction of sp³-hybridized carbons (Fsp3) is 0.188. The summed E-state index contributed by atoms with van der Waals surface area (Å²) in [7, 11) is 0. The molecule has 0 spiro atoms.